The monoisotopic (exact) mass is 477 g/mol. The van der Waals surface area contributed by atoms with E-state index in [0.717, 1.165) is 40.7 Å². The van der Waals surface area contributed by atoms with Crippen molar-refractivity contribution in [3.63, 3.8) is 0 Å². The van der Waals surface area contributed by atoms with E-state index in [1.54, 1.807) is 4.68 Å². The van der Waals surface area contributed by atoms with Crippen LogP contribution < -0.4 is 5.32 Å². The Hall–Kier alpha value is -3.26. The van der Waals surface area contributed by atoms with Crippen molar-refractivity contribution in [2.24, 2.45) is 0 Å². The van der Waals surface area contributed by atoms with Crippen LogP contribution in [0.25, 0.3) is 17.1 Å². The third kappa shape index (κ3) is 3.90. The Balaban J connectivity index is 1.36. The van der Waals surface area contributed by atoms with Crippen molar-refractivity contribution in [3.8, 4) is 17.1 Å². The zero-order valence-electron chi connectivity index (χ0n) is 16.9. The molecule has 156 valence electrons. The first-order valence-electron chi connectivity index (χ1n) is 10.1. The molecule has 8 heteroatoms. The smallest absolute Gasteiger partial charge is 0.316 e. The van der Waals surface area contributed by atoms with Crippen LogP contribution in [0.3, 0.4) is 0 Å². The number of aromatic nitrogens is 4. The van der Waals surface area contributed by atoms with Gasteiger partial charge < -0.3 is 9.84 Å². The summed E-state index contributed by atoms with van der Waals surface area (Å²) in [6.07, 6.45) is 4.80. The number of benzene rings is 2. The fourth-order valence-electron chi connectivity index (χ4n) is 3.95. The van der Waals surface area contributed by atoms with Gasteiger partial charge in [-0.3, -0.25) is 4.79 Å². The van der Waals surface area contributed by atoms with E-state index in [9.17, 15) is 4.79 Å². The predicted octanol–water partition coefficient (Wildman–Crippen LogP) is 4.80. The number of nitrogens with zero attached hydrogens (tertiary/aromatic N) is 4. The number of hydrogen-bond acceptors (Lipinski definition) is 5. The first kappa shape index (κ1) is 19.7. The van der Waals surface area contributed by atoms with Gasteiger partial charge in [0.1, 0.15) is 0 Å². The van der Waals surface area contributed by atoms with Gasteiger partial charge in [-0.25, -0.2) is 4.68 Å². The van der Waals surface area contributed by atoms with E-state index in [1.165, 1.54) is 5.56 Å². The molecule has 2 aromatic heterocycles. The number of carbonyl (C=O) groups excluding carboxylic acids is 1. The number of rotatable bonds is 4. The molecular formula is C23H20BrN5O2. The molecule has 0 radical (unpaired) electrons. The Morgan fingerprint density at radius 3 is 2.84 bits per heavy atom. The van der Waals surface area contributed by atoms with Crippen LogP contribution in [-0.2, 0) is 6.42 Å². The van der Waals surface area contributed by atoms with Crippen LogP contribution in [0.15, 0.2) is 63.7 Å². The quantitative estimate of drug-likeness (QED) is 0.456. The Kier molecular flexibility index (Phi) is 5.15. The molecule has 31 heavy (non-hydrogen) atoms. The molecule has 0 saturated carbocycles. The summed E-state index contributed by atoms with van der Waals surface area (Å²) < 4.78 is 8.03. The van der Waals surface area contributed by atoms with Crippen LogP contribution in [0.5, 0.6) is 0 Å². The van der Waals surface area contributed by atoms with Crippen molar-refractivity contribution >= 4 is 21.8 Å². The maximum atomic E-state index is 12.8. The summed E-state index contributed by atoms with van der Waals surface area (Å²) >= 11 is 3.44. The second-order valence-corrected chi connectivity index (χ2v) is 8.51. The van der Waals surface area contributed by atoms with E-state index >= 15 is 0 Å². The van der Waals surface area contributed by atoms with E-state index in [1.807, 2.05) is 49.5 Å². The normalized spacial score (nSPS) is 15.5. The molecule has 1 N–H and O–H groups in total. The van der Waals surface area contributed by atoms with Gasteiger partial charge in [-0.1, -0.05) is 45.4 Å². The summed E-state index contributed by atoms with van der Waals surface area (Å²) in [6, 6.07) is 16.0. The lowest BCUT2D eigenvalue weighted by molar-refractivity contribution is 0.0888. The Morgan fingerprint density at radius 1 is 1.19 bits per heavy atom. The van der Waals surface area contributed by atoms with Crippen molar-refractivity contribution in [2.45, 2.75) is 32.2 Å². The highest BCUT2D eigenvalue weighted by atomic mass is 79.9. The highest BCUT2D eigenvalue weighted by Crippen LogP contribution is 2.30. The minimum atomic E-state index is -0.363. The molecule has 1 aliphatic rings. The summed E-state index contributed by atoms with van der Waals surface area (Å²) in [7, 11) is 0. The second-order valence-electron chi connectivity index (χ2n) is 7.59. The Labute approximate surface area is 187 Å². The van der Waals surface area contributed by atoms with Crippen molar-refractivity contribution in [3.05, 3.63) is 81.9 Å². The van der Waals surface area contributed by atoms with Gasteiger partial charge in [-0.2, -0.15) is 10.1 Å². The van der Waals surface area contributed by atoms with Gasteiger partial charge in [0.15, 0.2) is 0 Å². The highest BCUT2D eigenvalue weighted by molar-refractivity contribution is 9.10. The molecule has 1 unspecified atom stereocenters. The molecule has 1 atom stereocenters. The molecule has 0 aliphatic heterocycles. The summed E-state index contributed by atoms with van der Waals surface area (Å²) in [5, 5.41) is 11.6. The fourth-order valence-corrected chi connectivity index (χ4v) is 4.22. The molecule has 7 nitrogen and oxygen atoms in total. The molecule has 2 heterocycles. The van der Waals surface area contributed by atoms with E-state index in [2.05, 4.69) is 48.6 Å². The van der Waals surface area contributed by atoms with Crippen LogP contribution in [0.4, 0.5) is 0 Å². The van der Waals surface area contributed by atoms with Crippen LogP contribution in [0.2, 0.25) is 0 Å². The van der Waals surface area contributed by atoms with Crippen LogP contribution in [0, 0.1) is 6.92 Å². The van der Waals surface area contributed by atoms with E-state index in [0.29, 0.717) is 11.4 Å². The van der Waals surface area contributed by atoms with Gasteiger partial charge in [0.25, 0.3) is 0 Å². The number of aryl methyl sites for hydroxylation is 2. The summed E-state index contributed by atoms with van der Waals surface area (Å²) in [6.45, 7) is 1.87. The summed E-state index contributed by atoms with van der Waals surface area (Å²) in [4.78, 5) is 17.1. The largest absolute Gasteiger partial charge is 0.341 e. The van der Waals surface area contributed by atoms with Gasteiger partial charge in [0.05, 0.1) is 23.0 Å². The minimum absolute atomic E-state index is 0.0466. The number of hydrogen-bond donors (Lipinski definition) is 1. The molecule has 1 amide bonds. The lowest BCUT2D eigenvalue weighted by Crippen LogP contribution is -2.31. The fraction of sp³-hybridized carbons (Fsp3) is 0.217. The first-order chi connectivity index (χ1) is 15.1. The number of carbonyl (C=O) groups is 1. The second kappa shape index (κ2) is 8.11. The minimum Gasteiger partial charge on any atom is -0.341 e. The maximum Gasteiger partial charge on any atom is 0.316 e. The first-order valence-corrected chi connectivity index (χ1v) is 10.9. The number of amides is 1. The number of fused-ring (bicyclic) bond motifs is 1. The summed E-state index contributed by atoms with van der Waals surface area (Å²) in [5.74, 6) is -0.0673. The topological polar surface area (TPSA) is 85.8 Å². The van der Waals surface area contributed by atoms with Crippen LogP contribution >= 0.6 is 15.9 Å². The highest BCUT2D eigenvalue weighted by Gasteiger charge is 2.25. The van der Waals surface area contributed by atoms with Crippen LogP contribution in [-0.4, -0.2) is 25.8 Å². The van der Waals surface area contributed by atoms with E-state index < -0.39 is 0 Å². The SMILES string of the molecule is Cc1nn(-c2ccc(Br)cc2)cc1-c1noc(C(=O)NC2CCCc3ccccc32)n1. The van der Waals surface area contributed by atoms with Crippen molar-refractivity contribution in [1.82, 2.24) is 25.2 Å². The molecule has 5 rings (SSSR count). The molecular weight excluding hydrogens is 458 g/mol. The average molecular weight is 478 g/mol. The number of nitrogens with one attached hydrogen (secondary N) is 1. The van der Waals surface area contributed by atoms with Crippen molar-refractivity contribution in [1.29, 1.82) is 0 Å². The van der Waals surface area contributed by atoms with Gasteiger partial charge in [-0.05, 0) is 61.6 Å². The lowest BCUT2D eigenvalue weighted by Gasteiger charge is -2.25. The van der Waals surface area contributed by atoms with Gasteiger partial charge >= 0.3 is 11.8 Å². The van der Waals surface area contributed by atoms with Crippen LogP contribution in [0.1, 0.15) is 46.4 Å². The molecule has 0 bridgehead atoms. The Bertz CT molecular complexity index is 1250. The average Bonchev–Trinajstić information content (AvgIpc) is 3.41. The zero-order valence-corrected chi connectivity index (χ0v) is 18.5. The molecule has 0 saturated heterocycles. The predicted molar refractivity (Wildman–Crippen MR) is 119 cm³/mol. The zero-order chi connectivity index (χ0) is 21.4. The van der Waals surface area contributed by atoms with Crippen molar-refractivity contribution in [2.75, 3.05) is 0 Å². The van der Waals surface area contributed by atoms with Gasteiger partial charge in [-0.15, -0.1) is 0 Å². The summed E-state index contributed by atoms with van der Waals surface area (Å²) in [5.41, 5.74) is 4.82. The van der Waals surface area contributed by atoms with Crippen molar-refractivity contribution < 1.29 is 9.32 Å². The molecule has 2 aromatic carbocycles. The van der Waals surface area contributed by atoms with E-state index in [4.69, 9.17) is 4.52 Å². The van der Waals surface area contributed by atoms with Gasteiger partial charge in [0.2, 0.25) is 5.82 Å². The molecule has 4 aromatic rings. The van der Waals surface area contributed by atoms with E-state index in [-0.39, 0.29) is 17.8 Å². The van der Waals surface area contributed by atoms with Gasteiger partial charge in [0, 0.05) is 10.7 Å². The third-order valence-electron chi connectivity index (χ3n) is 5.53. The third-order valence-corrected chi connectivity index (χ3v) is 6.05. The molecule has 0 fully saturated rings. The maximum absolute atomic E-state index is 12.8. The molecule has 1 aliphatic carbocycles. The standard InChI is InChI=1S/C23H20BrN5O2/c1-14-19(13-29(27-14)17-11-9-16(24)10-12-17)21-26-23(31-28-21)22(30)25-20-8-4-6-15-5-2-3-7-18(15)20/h2-3,5,7,9-13,20H,4,6,8H2,1H3,(H,25,30). The Morgan fingerprint density at radius 2 is 2.00 bits per heavy atom. The lowest BCUT2D eigenvalue weighted by atomic mass is 9.88. The molecule has 0 spiro atoms. The number of halogens is 1.